The minimum absolute atomic E-state index is 0.0710. The number of carboxylic acid groups (broad SMARTS) is 1. The van der Waals surface area contributed by atoms with Gasteiger partial charge in [-0.25, -0.2) is 0 Å². The molecule has 1 aliphatic rings. The number of Topliss-reactive ketones (excluding diaryl/α,β-unsaturated/α-hetero) is 1. The van der Waals surface area contributed by atoms with Gasteiger partial charge in [0.05, 0.1) is 27.4 Å². The van der Waals surface area contributed by atoms with E-state index in [-0.39, 0.29) is 31.8 Å². The first-order chi connectivity index (χ1) is 10.0. The van der Waals surface area contributed by atoms with E-state index >= 15 is 0 Å². The van der Waals surface area contributed by atoms with Crippen molar-refractivity contribution in [2.45, 2.75) is 12.8 Å². The van der Waals surface area contributed by atoms with Gasteiger partial charge in [-0.1, -0.05) is 6.07 Å². The van der Waals surface area contributed by atoms with Crippen LogP contribution in [0.4, 0.5) is 0 Å². The van der Waals surface area contributed by atoms with E-state index in [1.165, 1.54) is 14.2 Å². The summed E-state index contributed by atoms with van der Waals surface area (Å²) in [5.74, 6) is -0.394. The average molecular weight is 294 g/mol. The lowest BCUT2D eigenvalue weighted by atomic mass is 9.76. The van der Waals surface area contributed by atoms with E-state index in [0.29, 0.717) is 17.1 Å². The number of hydrogen-bond donors (Lipinski definition) is 1. The summed E-state index contributed by atoms with van der Waals surface area (Å²) in [6.45, 7) is 0.176. The van der Waals surface area contributed by atoms with E-state index in [4.69, 9.17) is 14.2 Å². The van der Waals surface area contributed by atoms with Crippen LogP contribution in [0.2, 0.25) is 0 Å². The second kappa shape index (κ2) is 6.13. The first-order valence-electron chi connectivity index (χ1n) is 6.59. The number of hydrogen-bond acceptors (Lipinski definition) is 5. The quantitative estimate of drug-likeness (QED) is 0.824. The molecule has 1 fully saturated rings. The molecule has 1 atom stereocenters. The van der Waals surface area contributed by atoms with Crippen LogP contribution in [0.15, 0.2) is 18.2 Å². The van der Waals surface area contributed by atoms with Crippen molar-refractivity contribution < 1.29 is 28.9 Å². The maximum Gasteiger partial charge on any atom is 0.319 e. The molecule has 1 aromatic carbocycles. The Hall–Kier alpha value is -2.08. The molecule has 0 aromatic heterocycles. The summed E-state index contributed by atoms with van der Waals surface area (Å²) < 4.78 is 15.6. The molecular formula is C15H18O6. The monoisotopic (exact) mass is 294 g/mol. The lowest BCUT2D eigenvalue weighted by molar-refractivity contribution is -0.164. The molecule has 1 aromatic rings. The highest BCUT2D eigenvalue weighted by Gasteiger charge is 2.48. The average Bonchev–Trinajstić information content (AvgIpc) is 2.49. The Labute approximate surface area is 122 Å². The van der Waals surface area contributed by atoms with Crippen molar-refractivity contribution in [3.8, 4) is 11.5 Å². The van der Waals surface area contributed by atoms with Gasteiger partial charge in [-0.2, -0.15) is 0 Å². The van der Waals surface area contributed by atoms with Crippen molar-refractivity contribution in [1.29, 1.82) is 0 Å². The number of carboxylic acids is 1. The van der Waals surface area contributed by atoms with Crippen LogP contribution < -0.4 is 9.47 Å². The first kappa shape index (κ1) is 15.3. The van der Waals surface area contributed by atoms with E-state index in [1.54, 1.807) is 18.2 Å². The molecule has 1 aliphatic heterocycles. The highest BCUT2D eigenvalue weighted by Crippen LogP contribution is 2.34. The van der Waals surface area contributed by atoms with Crippen LogP contribution in [0.25, 0.3) is 0 Å². The molecule has 1 unspecified atom stereocenters. The molecule has 21 heavy (non-hydrogen) atoms. The molecule has 1 saturated heterocycles. The molecule has 0 amide bonds. The molecule has 114 valence electrons. The Balaban J connectivity index is 2.33. The lowest BCUT2D eigenvalue weighted by Gasteiger charge is -2.31. The third-order valence-electron chi connectivity index (χ3n) is 3.72. The molecule has 2 rings (SSSR count). The van der Waals surface area contributed by atoms with Gasteiger partial charge in [-0.3, -0.25) is 9.59 Å². The van der Waals surface area contributed by atoms with Crippen molar-refractivity contribution in [3.63, 3.8) is 0 Å². The number of rotatable bonds is 5. The number of aliphatic carboxylic acids is 1. The van der Waals surface area contributed by atoms with Gasteiger partial charge in [0.2, 0.25) is 0 Å². The summed E-state index contributed by atoms with van der Waals surface area (Å²) in [6.07, 6.45) is 0.196. The fourth-order valence-electron chi connectivity index (χ4n) is 2.48. The van der Waals surface area contributed by atoms with Crippen LogP contribution >= 0.6 is 0 Å². The van der Waals surface area contributed by atoms with E-state index < -0.39 is 11.4 Å². The minimum Gasteiger partial charge on any atom is -0.493 e. The maximum atomic E-state index is 12.1. The molecule has 1 heterocycles. The van der Waals surface area contributed by atoms with Crippen LogP contribution in [-0.4, -0.2) is 44.3 Å². The molecule has 0 saturated carbocycles. The number of carbonyl (C=O) groups excluding carboxylic acids is 1. The predicted octanol–water partition coefficient (Wildman–Crippen LogP) is 1.31. The fraction of sp³-hybridized carbons (Fsp3) is 0.467. The number of methoxy groups -OCH3 is 2. The Morgan fingerprint density at radius 1 is 1.33 bits per heavy atom. The van der Waals surface area contributed by atoms with Gasteiger partial charge in [0.15, 0.2) is 22.7 Å². The summed E-state index contributed by atoms with van der Waals surface area (Å²) in [6, 6.07) is 5.11. The van der Waals surface area contributed by atoms with Gasteiger partial charge in [0, 0.05) is 6.42 Å². The topological polar surface area (TPSA) is 82.1 Å². The molecule has 0 aliphatic carbocycles. The fourth-order valence-corrected chi connectivity index (χ4v) is 2.48. The zero-order chi connectivity index (χ0) is 15.5. The second-order valence-electron chi connectivity index (χ2n) is 4.98. The zero-order valence-electron chi connectivity index (χ0n) is 12.0. The summed E-state index contributed by atoms with van der Waals surface area (Å²) in [5, 5.41) is 9.49. The van der Waals surface area contributed by atoms with E-state index in [9.17, 15) is 14.7 Å². The molecule has 6 heteroatoms. The lowest BCUT2D eigenvalue weighted by Crippen LogP contribution is -2.48. The van der Waals surface area contributed by atoms with Gasteiger partial charge >= 0.3 is 5.97 Å². The second-order valence-corrected chi connectivity index (χ2v) is 4.98. The van der Waals surface area contributed by atoms with Crippen LogP contribution in [0, 0.1) is 5.41 Å². The Morgan fingerprint density at radius 3 is 2.62 bits per heavy atom. The third kappa shape index (κ3) is 2.85. The summed E-state index contributed by atoms with van der Waals surface area (Å²) in [4.78, 5) is 23.7. The standard InChI is InChI=1S/C15H18O6/c1-19-11-4-3-10(7-12(11)20-2)8-15(14(17)18)9-21-6-5-13(15)16/h3-4,7H,5-6,8-9H2,1-2H3,(H,17,18). The van der Waals surface area contributed by atoms with Crippen molar-refractivity contribution >= 4 is 11.8 Å². The highest BCUT2D eigenvalue weighted by molar-refractivity contribution is 6.04. The van der Waals surface area contributed by atoms with Gasteiger partial charge < -0.3 is 19.3 Å². The third-order valence-corrected chi connectivity index (χ3v) is 3.72. The van der Waals surface area contributed by atoms with Gasteiger partial charge in [0.1, 0.15) is 0 Å². The Kier molecular flexibility index (Phi) is 4.47. The SMILES string of the molecule is COc1ccc(CC2(C(=O)O)COCCC2=O)cc1OC. The van der Waals surface area contributed by atoms with Gasteiger partial charge in [-0.15, -0.1) is 0 Å². The molecular weight excluding hydrogens is 276 g/mol. The number of ketones is 1. The van der Waals surface area contributed by atoms with E-state index in [2.05, 4.69) is 0 Å². The molecule has 0 radical (unpaired) electrons. The van der Waals surface area contributed by atoms with E-state index in [0.717, 1.165) is 0 Å². The Bertz CT molecular complexity index is 553. The molecule has 0 spiro atoms. The number of carbonyl (C=O) groups is 2. The van der Waals surface area contributed by atoms with Gasteiger partial charge in [-0.05, 0) is 24.1 Å². The van der Waals surface area contributed by atoms with Crippen molar-refractivity contribution in [1.82, 2.24) is 0 Å². The summed E-state index contributed by atoms with van der Waals surface area (Å²) in [7, 11) is 3.03. The van der Waals surface area contributed by atoms with Crippen molar-refractivity contribution in [2.24, 2.45) is 5.41 Å². The highest BCUT2D eigenvalue weighted by atomic mass is 16.5. The van der Waals surface area contributed by atoms with Crippen LogP contribution in [-0.2, 0) is 20.7 Å². The number of ether oxygens (including phenoxy) is 3. The normalized spacial score (nSPS) is 21.9. The van der Waals surface area contributed by atoms with Crippen LogP contribution in [0.1, 0.15) is 12.0 Å². The molecule has 1 N–H and O–H groups in total. The van der Waals surface area contributed by atoms with Crippen molar-refractivity contribution in [3.05, 3.63) is 23.8 Å². The van der Waals surface area contributed by atoms with Gasteiger partial charge in [0.25, 0.3) is 0 Å². The number of benzene rings is 1. The summed E-state index contributed by atoms with van der Waals surface area (Å²) >= 11 is 0. The van der Waals surface area contributed by atoms with Crippen LogP contribution in [0.3, 0.4) is 0 Å². The minimum atomic E-state index is -1.52. The van der Waals surface area contributed by atoms with Crippen molar-refractivity contribution in [2.75, 3.05) is 27.4 Å². The zero-order valence-corrected chi connectivity index (χ0v) is 12.0. The predicted molar refractivity (Wildman–Crippen MR) is 73.8 cm³/mol. The maximum absolute atomic E-state index is 12.1. The van der Waals surface area contributed by atoms with Crippen LogP contribution in [0.5, 0.6) is 11.5 Å². The largest absolute Gasteiger partial charge is 0.493 e. The molecule has 6 nitrogen and oxygen atoms in total. The van der Waals surface area contributed by atoms with E-state index in [1.807, 2.05) is 0 Å². The smallest absolute Gasteiger partial charge is 0.319 e. The first-order valence-corrected chi connectivity index (χ1v) is 6.59. The summed E-state index contributed by atoms with van der Waals surface area (Å²) in [5.41, 5.74) is -0.827. The molecule has 0 bridgehead atoms. The Morgan fingerprint density at radius 2 is 2.05 bits per heavy atom.